The number of furan rings is 1. The highest BCUT2D eigenvalue weighted by atomic mass is 79.9. The molecule has 2 N–H and O–H groups in total. The molecule has 0 bridgehead atoms. The van der Waals surface area contributed by atoms with Gasteiger partial charge in [0.1, 0.15) is 29.7 Å². The zero-order chi connectivity index (χ0) is 13.1. The first kappa shape index (κ1) is 13.1. The Kier molecular flexibility index (Phi) is 4.04. The number of halogens is 2. The van der Waals surface area contributed by atoms with E-state index in [0.717, 1.165) is 11.3 Å². The van der Waals surface area contributed by atoms with Gasteiger partial charge in [-0.2, -0.15) is 0 Å². The van der Waals surface area contributed by atoms with E-state index in [-0.39, 0.29) is 12.4 Å². The normalized spacial score (nSPS) is 10.7. The van der Waals surface area contributed by atoms with Crippen LogP contribution in [0.1, 0.15) is 17.1 Å². The SMILES string of the molecule is Cc1cc(COc2cc(F)cc(Br)c2)oc1CN. The van der Waals surface area contributed by atoms with Gasteiger partial charge in [-0.25, -0.2) is 4.39 Å². The summed E-state index contributed by atoms with van der Waals surface area (Å²) in [5.74, 6) is 1.52. The molecule has 0 saturated heterocycles. The minimum absolute atomic E-state index is 0.247. The molecule has 0 radical (unpaired) electrons. The van der Waals surface area contributed by atoms with Crippen molar-refractivity contribution >= 4 is 15.9 Å². The Morgan fingerprint density at radius 1 is 1.33 bits per heavy atom. The van der Waals surface area contributed by atoms with Crippen molar-refractivity contribution in [1.29, 1.82) is 0 Å². The molecule has 0 aliphatic carbocycles. The van der Waals surface area contributed by atoms with Gasteiger partial charge in [-0.05, 0) is 30.7 Å². The molecule has 1 aromatic carbocycles. The summed E-state index contributed by atoms with van der Waals surface area (Å²) >= 11 is 3.21. The quantitative estimate of drug-likeness (QED) is 0.939. The minimum Gasteiger partial charge on any atom is -0.486 e. The number of rotatable bonds is 4. The van der Waals surface area contributed by atoms with E-state index in [4.69, 9.17) is 14.9 Å². The fourth-order valence-corrected chi connectivity index (χ4v) is 2.07. The van der Waals surface area contributed by atoms with E-state index in [1.54, 1.807) is 6.07 Å². The molecule has 2 rings (SSSR count). The van der Waals surface area contributed by atoms with Crippen LogP contribution in [0, 0.1) is 12.7 Å². The fraction of sp³-hybridized carbons (Fsp3) is 0.231. The maximum absolute atomic E-state index is 13.1. The smallest absolute Gasteiger partial charge is 0.146 e. The van der Waals surface area contributed by atoms with Gasteiger partial charge in [-0.15, -0.1) is 0 Å². The summed E-state index contributed by atoms with van der Waals surface area (Å²) in [7, 11) is 0. The number of nitrogens with two attached hydrogens (primary N) is 1. The first-order valence-electron chi connectivity index (χ1n) is 5.45. The topological polar surface area (TPSA) is 48.4 Å². The highest BCUT2D eigenvalue weighted by molar-refractivity contribution is 9.10. The molecule has 1 aromatic heterocycles. The van der Waals surface area contributed by atoms with E-state index < -0.39 is 0 Å². The zero-order valence-electron chi connectivity index (χ0n) is 9.87. The van der Waals surface area contributed by atoms with Gasteiger partial charge in [-0.1, -0.05) is 15.9 Å². The predicted molar refractivity (Wildman–Crippen MR) is 69.8 cm³/mol. The molecule has 2 aromatic rings. The first-order chi connectivity index (χ1) is 8.58. The number of hydrogen-bond donors (Lipinski definition) is 1. The Labute approximate surface area is 113 Å². The highest BCUT2D eigenvalue weighted by Crippen LogP contribution is 2.22. The van der Waals surface area contributed by atoms with Crippen LogP contribution in [0.3, 0.4) is 0 Å². The molecule has 0 unspecified atom stereocenters. The second-order valence-corrected chi connectivity index (χ2v) is 4.83. The molecule has 5 heteroatoms. The van der Waals surface area contributed by atoms with E-state index in [2.05, 4.69) is 15.9 Å². The summed E-state index contributed by atoms with van der Waals surface area (Å²) in [5.41, 5.74) is 6.52. The lowest BCUT2D eigenvalue weighted by atomic mass is 10.2. The molecule has 0 aliphatic rings. The van der Waals surface area contributed by atoms with Crippen molar-refractivity contribution in [2.75, 3.05) is 0 Å². The lowest BCUT2D eigenvalue weighted by Crippen LogP contribution is -1.96. The van der Waals surface area contributed by atoms with Crippen LogP contribution in [0.4, 0.5) is 4.39 Å². The molecule has 0 spiro atoms. The van der Waals surface area contributed by atoms with Crippen LogP contribution >= 0.6 is 15.9 Å². The van der Waals surface area contributed by atoms with Crippen LogP contribution in [-0.4, -0.2) is 0 Å². The molecule has 1 heterocycles. The third-order valence-electron chi connectivity index (χ3n) is 2.47. The molecule has 96 valence electrons. The lowest BCUT2D eigenvalue weighted by Gasteiger charge is -2.04. The number of benzene rings is 1. The molecule has 0 fully saturated rings. The van der Waals surface area contributed by atoms with Gasteiger partial charge in [-0.3, -0.25) is 0 Å². The van der Waals surface area contributed by atoms with Crippen molar-refractivity contribution in [3.63, 3.8) is 0 Å². The maximum atomic E-state index is 13.1. The van der Waals surface area contributed by atoms with Crippen molar-refractivity contribution in [1.82, 2.24) is 0 Å². The van der Waals surface area contributed by atoms with E-state index in [0.29, 0.717) is 22.5 Å². The number of hydrogen-bond acceptors (Lipinski definition) is 3. The van der Waals surface area contributed by atoms with Crippen LogP contribution in [-0.2, 0) is 13.2 Å². The van der Waals surface area contributed by atoms with Gasteiger partial charge < -0.3 is 14.9 Å². The largest absolute Gasteiger partial charge is 0.486 e. The molecule has 0 amide bonds. The summed E-state index contributed by atoms with van der Waals surface area (Å²) in [6, 6.07) is 6.26. The van der Waals surface area contributed by atoms with Crippen LogP contribution in [0.2, 0.25) is 0 Å². The zero-order valence-corrected chi connectivity index (χ0v) is 11.5. The first-order valence-corrected chi connectivity index (χ1v) is 6.25. The van der Waals surface area contributed by atoms with Gasteiger partial charge in [0.2, 0.25) is 0 Å². The second kappa shape index (κ2) is 5.54. The van der Waals surface area contributed by atoms with Crippen molar-refractivity contribution in [2.24, 2.45) is 5.73 Å². The van der Waals surface area contributed by atoms with Crippen LogP contribution < -0.4 is 10.5 Å². The minimum atomic E-state index is -0.349. The lowest BCUT2D eigenvalue weighted by molar-refractivity contribution is 0.265. The maximum Gasteiger partial charge on any atom is 0.146 e. The van der Waals surface area contributed by atoms with E-state index >= 15 is 0 Å². The van der Waals surface area contributed by atoms with Gasteiger partial charge in [0.25, 0.3) is 0 Å². The molecule has 0 aliphatic heterocycles. The van der Waals surface area contributed by atoms with Gasteiger partial charge in [0.05, 0.1) is 6.54 Å². The second-order valence-electron chi connectivity index (χ2n) is 3.92. The van der Waals surface area contributed by atoms with Crippen LogP contribution in [0.25, 0.3) is 0 Å². The summed E-state index contributed by atoms with van der Waals surface area (Å²) < 4.78 is 24.7. The average molecular weight is 314 g/mol. The Morgan fingerprint density at radius 3 is 2.72 bits per heavy atom. The monoisotopic (exact) mass is 313 g/mol. The Morgan fingerprint density at radius 2 is 2.11 bits per heavy atom. The standard InChI is InChI=1S/C13H13BrFNO2/c1-8-2-12(18-13(8)6-16)7-17-11-4-9(14)3-10(15)5-11/h2-5H,6-7,16H2,1H3. The molecular formula is C13H13BrFNO2. The van der Waals surface area contributed by atoms with E-state index in [1.165, 1.54) is 12.1 Å². The summed E-state index contributed by atoms with van der Waals surface area (Å²) in [4.78, 5) is 0. The number of aryl methyl sites for hydroxylation is 1. The average Bonchev–Trinajstić information content (AvgIpc) is 2.66. The fourth-order valence-electron chi connectivity index (χ4n) is 1.63. The third kappa shape index (κ3) is 3.11. The van der Waals surface area contributed by atoms with E-state index in [1.807, 2.05) is 13.0 Å². The molecule has 0 atom stereocenters. The molecule has 18 heavy (non-hydrogen) atoms. The Bertz CT molecular complexity index is 534. The van der Waals surface area contributed by atoms with Gasteiger partial charge in [0.15, 0.2) is 0 Å². The van der Waals surface area contributed by atoms with E-state index in [9.17, 15) is 4.39 Å². The van der Waals surface area contributed by atoms with Crippen molar-refractivity contribution < 1.29 is 13.5 Å². The number of ether oxygens (including phenoxy) is 1. The summed E-state index contributed by atoms with van der Waals surface area (Å²) in [5, 5.41) is 0. The van der Waals surface area contributed by atoms with Crippen LogP contribution in [0.5, 0.6) is 5.75 Å². The summed E-state index contributed by atoms with van der Waals surface area (Å²) in [6.45, 7) is 2.53. The van der Waals surface area contributed by atoms with Gasteiger partial charge in [0, 0.05) is 10.5 Å². The predicted octanol–water partition coefficient (Wildman–Crippen LogP) is 3.53. The Hall–Kier alpha value is -1.33. The highest BCUT2D eigenvalue weighted by Gasteiger charge is 2.07. The third-order valence-corrected chi connectivity index (χ3v) is 2.93. The van der Waals surface area contributed by atoms with Crippen molar-refractivity contribution in [3.8, 4) is 5.75 Å². The van der Waals surface area contributed by atoms with Crippen molar-refractivity contribution in [3.05, 3.63) is 51.6 Å². The molecular weight excluding hydrogens is 301 g/mol. The summed E-state index contributed by atoms with van der Waals surface area (Å²) in [6.07, 6.45) is 0. The van der Waals surface area contributed by atoms with Crippen LogP contribution in [0.15, 0.2) is 33.2 Å². The molecule has 0 saturated carbocycles. The molecule has 3 nitrogen and oxygen atoms in total. The Balaban J connectivity index is 2.06. The van der Waals surface area contributed by atoms with Crippen molar-refractivity contribution in [2.45, 2.75) is 20.1 Å². The van der Waals surface area contributed by atoms with Gasteiger partial charge >= 0.3 is 0 Å².